The number of amides is 1. The second-order valence-corrected chi connectivity index (χ2v) is 11.0. The molecule has 0 spiro atoms. The molecule has 2 heterocycles. The number of hydrogen-bond acceptors (Lipinski definition) is 6. The van der Waals surface area contributed by atoms with E-state index >= 15 is 0 Å². The lowest BCUT2D eigenvalue weighted by molar-refractivity contribution is -0.118. The van der Waals surface area contributed by atoms with Crippen LogP contribution in [0.15, 0.2) is 66.1 Å². The molecule has 4 rings (SSSR count). The van der Waals surface area contributed by atoms with Gasteiger partial charge in [-0.25, -0.2) is 17.6 Å². The Bertz CT molecular complexity index is 1380. The highest BCUT2D eigenvalue weighted by Gasteiger charge is 2.36. The molecular formula is C24H20ClFN2O5S2. The van der Waals surface area contributed by atoms with E-state index in [0.29, 0.717) is 9.21 Å². The molecule has 1 amide bonds. The van der Waals surface area contributed by atoms with Crippen LogP contribution in [0.1, 0.15) is 27.2 Å². The molecule has 35 heavy (non-hydrogen) atoms. The van der Waals surface area contributed by atoms with Crippen LogP contribution >= 0.6 is 22.9 Å². The third-order valence-corrected chi connectivity index (χ3v) is 7.51. The fourth-order valence-corrected chi connectivity index (χ4v) is 5.57. The molecule has 7 nitrogen and oxygen atoms in total. The number of halogens is 2. The fraction of sp³-hybridized carbons (Fsp3) is 0.167. The van der Waals surface area contributed by atoms with Gasteiger partial charge in [0.05, 0.1) is 15.6 Å². The first-order chi connectivity index (χ1) is 16.7. The largest absolute Gasteiger partial charge is 0.457 e. The highest BCUT2D eigenvalue weighted by molar-refractivity contribution is 7.92. The molecule has 1 aromatic heterocycles. The summed E-state index contributed by atoms with van der Waals surface area (Å²) in [7, 11) is -3.92. The van der Waals surface area contributed by atoms with Crippen LogP contribution < -0.4 is 9.62 Å². The maximum atomic E-state index is 14.8. The van der Waals surface area contributed by atoms with Gasteiger partial charge in [-0.15, -0.1) is 11.3 Å². The van der Waals surface area contributed by atoms with Crippen LogP contribution in [-0.4, -0.2) is 32.9 Å². The summed E-state index contributed by atoms with van der Waals surface area (Å²) in [5.41, 5.74) is 0.758. The number of benzene rings is 2. The average molecular weight is 535 g/mol. The predicted molar refractivity (Wildman–Crippen MR) is 133 cm³/mol. The van der Waals surface area contributed by atoms with Crippen molar-refractivity contribution in [3.05, 3.63) is 92.2 Å². The van der Waals surface area contributed by atoms with Crippen molar-refractivity contribution in [1.82, 2.24) is 4.72 Å². The summed E-state index contributed by atoms with van der Waals surface area (Å²) in [5, 5.41) is 0.960. The number of thiophene rings is 1. The average Bonchev–Trinajstić information content (AvgIpc) is 3.42. The van der Waals surface area contributed by atoms with Crippen molar-refractivity contribution >= 4 is 56.6 Å². The van der Waals surface area contributed by atoms with Crippen LogP contribution in [0.4, 0.5) is 10.1 Å². The van der Waals surface area contributed by atoms with Gasteiger partial charge in [-0.2, -0.15) is 4.72 Å². The van der Waals surface area contributed by atoms with E-state index in [-0.39, 0.29) is 30.8 Å². The standard InChI is InChI=1S/C24H20ClFN2O5S2/c25-22-9-7-18(34-22)11-13-35(31,32)27-20-10-12-28(23(20)29)21-8-6-17(14-19(21)26)24(30)33-15-16-4-2-1-3-5-16/h1-9,11,13-14,20,27H,10,12,15H2/b13-11+. The lowest BCUT2D eigenvalue weighted by atomic mass is 10.2. The minimum atomic E-state index is -3.92. The highest BCUT2D eigenvalue weighted by Crippen LogP contribution is 2.27. The van der Waals surface area contributed by atoms with Crippen LogP contribution in [0.5, 0.6) is 0 Å². The van der Waals surface area contributed by atoms with Gasteiger partial charge in [0.1, 0.15) is 18.5 Å². The van der Waals surface area contributed by atoms with Gasteiger partial charge in [0.2, 0.25) is 15.9 Å². The topological polar surface area (TPSA) is 92.8 Å². The summed E-state index contributed by atoms with van der Waals surface area (Å²) in [4.78, 5) is 26.9. The Hall–Kier alpha value is -3.05. The van der Waals surface area contributed by atoms with Crippen LogP contribution in [0, 0.1) is 5.82 Å². The van der Waals surface area contributed by atoms with Gasteiger partial charge in [-0.1, -0.05) is 41.9 Å². The number of anilines is 1. The molecule has 0 aliphatic carbocycles. The Morgan fingerprint density at radius 1 is 1.20 bits per heavy atom. The quantitative estimate of drug-likeness (QED) is 0.427. The van der Waals surface area contributed by atoms with Crippen LogP contribution in [0.2, 0.25) is 4.34 Å². The second-order valence-electron chi connectivity index (χ2n) is 7.67. The summed E-state index contributed by atoms with van der Waals surface area (Å²) in [6.45, 7) is 0.161. The minimum absolute atomic E-state index is 0.00453. The summed E-state index contributed by atoms with van der Waals surface area (Å²) in [6, 6.07) is 15.0. The monoisotopic (exact) mass is 534 g/mol. The number of carbonyl (C=O) groups excluding carboxylic acids is 2. The third kappa shape index (κ3) is 6.34. The Morgan fingerprint density at radius 3 is 2.66 bits per heavy atom. The molecular weight excluding hydrogens is 515 g/mol. The molecule has 0 saturated carbocycles. The number of carbonyl (C=O) groups is 2. The summed E-state index contributed by atoms with van der Waals surface area (Å²) in [6.07, 6.45) is 1.54. The molecule has 1 aliphatic heterocycles. The zero-order chi connectivity index (χ0) is 25.0. The number of rotatable bonds is 8. The number of ether oxygens (including phenoxy) is 1. The smallest absolute Gasteiger partial charge is 0.338 e. The van der Waals surface area contributed by atoms with Gasteiger partial charge in [0.15, 0.2) is 0 Å². The number of esters is 1. The van der Waals surface area contributed by atoms with Crippen molar-refractivity contribution in [2.75, 3.05) is 11.4 Å². The van der Waals surface area contributed by atoms with Crippen molar-refractivity contribution < 1.29 is 27.1 Å². The number of nitrogens with one attached hydrogen (secondary N) is 1. The third-order valence-electron chi connectivity index (χ3n) is 5.20. The van der Waals surface area contributed by atoms with Crippen LogP contribution in [0.3, 0.4) is 0 Å². The van der Waals surface area contributed by atoms with E-state index in [1.165, 1.54) is 29.5 Å². The molecule has 3 aromatic rings. The maximum absolute atomic E-state index is 14.8. The Labute approximate surface area is 210 Å². The van der Waals surface area contributed by atoms with E-state index in [0.717, 1.165) is 21.9 Å². The lowest BCUT2D eigenvalue weighted by Gasteiger charge is -2.18. The van der Waals surface area contributed by atoms with Gasteiger partial charge in [-0.05, 0) is 48.4 Å². The molecule has 1 unspecified atom stereocenters. The van der Waals surface area contributed by atoms with Crippen molar-refractivity contribution in [1.29, 1.82) is 0 Å². The van der Waals surface area contributed by atoms with E-state index in [9.17, 15) is 22.4 Å². The Morgan fingerprint density at radius 2 is 1.97 bits per heavy atom. The molecule has 11 heteroatoms. The van der Waals surface area contributed by atoms with E-state index in [1.807, 2.05) is 18.2 Å². The molecule has 182 valence electrons. The van der Waals surface area contributed by atoms with Gasteiger partial charge in [0, 0.05) is 16.8 Å². The van der Waals surface area contributed by atoms with Gasteiger partial charge >= 0.3 is 5.97 Å². The van der Waals surface area contributed by atoms with Gasteiger partial charge < -0.3 is 9.64 Å². The molecule has 1 aliphatic rings. The SMILES string of the molecule is O=C(OCc1ccccc1)c1ccc(N2CCC(NS(=O)(=O)/C=C/c3ccc(Cl)s3)C2=O)c(F)c1. The van der Waals surface area contributed by atoms with E-state index < -0.39 is 33.8 Å². The van der Waals surface area contributed by atoms with Crippen molar-refractivity contribution in [3.63, 3.8) is 0 Å². The molecule has 1 atom stereocenters. The molecule has 1 N–H and O–H groups in total. The minimum Gasteiger partial charge on any atom is -0.457 e. The first-order valence-electron chi connectivity index (χ1n) is 10.5. The first kappa shape index (κ1) is 25.1. The summed E-state index contributed by atoms with van der Waals surface area (Å²) < 4.78 is 47.6. The highest BCUT2D eigenvalue weighted by atomic mass is 35.5. The van der Waals surface area contributed by atoms with Gasteiger partial charge in [-0.3, -0.25) is 4.79 Å². The number of sulfonamides is 1. The molecule has 1 saturated heterocycles. The lowest BCUT2D eigenvalue weighted by Crippen LogP contribution is -2.40. The van der Waals surface area contributed by atoms with Crippen molar-refractivity contribution in [2.24, 2.45) is 0 Å². The number of hydrogen-bond donors (Lipinski definition) is 1. The fourth-order valence-electron chi connectivity index (χ4n) is 3.50. The van der Waals surface area contributed by atoms with Crippen LogP contribution in [0.25, 0.3) is 6.08 Å². The normalized spacial score (nSPS) is 16.2. The summed E-state index contributed by atoms with van der Waals surface area (Å²) in [5.74, 6) is -2.07. The molecule has 1 fully saturated rings. The first-order valence-corrected chi connectivity index (χ1v) is 13.2. The maximum Gasteiger partial charge on any atom is 0.338 e. The Kier molecular flexibility index (Phi) is 7.66. The number of nitrogens with zero attached hydrogens (tertiary/aromatic N) is 1. The van der Waals surface area contributed by atoms with Crippen LogP contribution in [-0.2, 0) is 26.2 Å². The van der Waals surface area contributed by atoms with Gasteiger partial charge in [0.25, 0.3) is 0 Å². The van der Waals surface area contributed by atoms with Crippen molar-refractivity contribution in [3.8, 4) is 0 Å². The zero-order valence-electron chi connectivity index (χ0n) is 18.2. The van der Waals surface area contributed by atoms with E-state index in [4.69, 9.17) is 16.3 Å². The molecule has 2 aromatic carbocycles. The van der Waals surface area contributed by atoms with Crippen molar-refractivity contribution in [2.45, 2.75) is 19.1 Å². The zero-order valence-corrected chi connectivity index (χ0v) is 20.6. The summed E-state index contributed by atoms with van der Waals surface area (Å²) >= 11 is 7.05. The van der Waals surface area contributed by atoms with E-state index in [2.05, 4.69) is 4.72 Å². The molecule has 0 bridgehead atoms. The predicted octanol–water partition coefficient (Wildman–Crippen LogP) is 4.59. The second kappa shape index (κ2) is 10.7. The molecule has 0 radical (unpaired) electrons. The van der Waals surface area contributed by atoms with E-state index in [1.54, 1.807) is 24.3 Å². The Balaban J connectivity index is 1.39.